The van der Waals surface area contributed by atoms with Crippen LogP contribution in [-0.4, -0.2) is 27.4 Å². The summed E-state index contributed by atoms with van der Waals surface area (Å²) in [4.78, 5) is 4.39. The van der Waals surface area contributed by atoms with Crippen LogP contribution in [0.25, 0.3) is 0 Å². The second-order valence-electron chi connectivity index (χ2n) is 6.26. The molecule has 5 heteroatoms. The first-order chi connectivity index (χ1) is 8.45. The molecule has 1 saturated carbocycles. The predicted octanol–water partition coefficient (Wildman–Crippen LogP) is 1.76. The molecule has 0 radical (unpaired) electrons. The molecule has 1 aromatic heterocycles. The van der Waals surface area contributed by atoms with Gasteiger partial charge in [-0.05, 0) is 12.8 Å². The number of nitrogens with zero attached hydrogens (tertiary/aromatic N) is 2. The molecule has 1 aromatic rings. The van der Waals surface area contributed by atoms with Crippen LogP contribution in [0.5, 0.6) is 0 Å². The molecule has 0 amide bonds. The summed E-state index contributed by atoms with van der Waals surface area (Å²) < 4.78 is 5.25. The lowest BCUT2D eigenvalue weighted by Gasteiger charge is -2.27. The average molecular weight is 253 g/mol. The Labute approximate surface area is 108 Å². The number of hydrogen-bond acceptors (Lipinski definition) is 5. The number of hydrogen-bond donors (Lipinski definition) is 2. The van der Waals surface area contributed by atoms with Crippen LogP contribution in [0.15, 0.2) is 4.52 Å². The molecule has 0 unspecified atom stereocenters. The summed E-state index contributed by atoms with van der Waals surface area (Å²) in [7, 11) is 0. The lowest BCUT2D eigenvalue weighted by molar-refractivity contribution is 0.161. The Bertz CT molecular complexity index is 389. The van der Waals surface area contributed by atoms with Gasteiger partial charge in [-0.15, -0.1) is 0 Å². The fraction of sp³-hybridized carbons (Fsp3) is 0.846. The smallest absolute Gasteiger partial charge is 0.232 e. The maximum Gasteiger partial charge on any atom is 0.232 e. The fourth-order valence-electron chi connectivity index (χ4n) is 2.34. The first kappa shape index (κ1) is 13.5. The highest BCUT2D eigenvalue weighted by atomic mass is 16.5. The van der Waals surface area contributed by atoms with Crippen molar-refractivity contribution in [2.45, 2.75) is 64.0 Å². The first-order valence-electron chi connectivity index (χ1n) is 6.64. The van der Waals surface area contributed by atoms with Crippen LogP contribution >= 0.6 is 0 Å². The lowest BCUT2D eigenvalue weighted by atomic mass is 9.97. The molecule has 0 aliphatic heterocycles. The van der Waals surface area contributed by atoms with Crippen molar-refractivity contribution >= 4 is 0 Å². The quantitative estimate of drug-likeness (QED) is 0.855. The Kier molecular flexibility index (Phi) is 3.73. The second-order valence-corrected chi connectivity index (χ2v) is 6.26. The van der Waals surface area contributed by atoms with E-state index in [2.05, 4.69) is 15.5 Å². The molecule has 0 aromatic carbocycles. The molecule has 0 saturated heterocycles. The molecule has 102 valence electrons. The van der Waals surface area contributed by atoms with Crippen molar-refractivity contribution in [3.05, 3.63) is 11.7 Å². The number of aliphatic hydroxyl groups is 1. The number of aliphatic hydroxyl groups excluding tert-OH is 1. The molecule has 2 N–H and O–H groups in total. The highest BCUT2D eigenvalue weighted by Gasteiger charge is 2.33. The van der Waals surface area contributed by atoms with Crippen molar-refractivity contribution in [3.8, 4) is 0 Å². The minimum absolute atomic E-state index is 0.118. The standard InChI is InChI=1S/C13H23N3O2/c1-12(2,3)11-15-10(16-18-11)8-14-13(9-17)6-4-5-7-13/h14,17H,4-9H2,1-3H3. The van der Waals surface area contributed by atoms with Gasteiger partial charge < -0.3 is 14.9 Å². The van der Waals surface area contributed by atoms with E-state index >= 15 is 0 Å². The zero-order valence-corrected chi connectivity index (χ0v) is 11.5. The third kappa shape index (κ3) is 2.90. The molecule has 5 nitrogen and oxygen atoms in total. The van der Waals surface area contributed by atoms with Crippen LogP contribution in [0.2, 0.25) is 0 Å². The largest absolute Gasteiger partial charge is 0.394 e. The lowest BCUT2D eigenvalue weighted by Crippen LogP contribution is -2.45. The van der Waals surface area contributed by atoms with Gasteiger partial charge in [-0.25, -0.2) is 0 Å². The molecule has 1 heterocycles. The van der Waals surface area contributed by atoms with Crippen LogP contribution < -0.4 is 5.32 Å². The van der Waals surface area contributed by atoms with Gasteiger partial charge >= 0.3 is 0 Å². The molecule has 0 spiro atoms. The topological polar surface area (TPSA) is 71.2 Å². The summed E-state index contributed by atoms with van der Waals surface area (Å²) in [5.41, 5.74) is -0.254. The van der Waals surface area contributed by atoms with Gasteiger partial charge in [0.25, 0.3) is 0 Å². The van der Waals surface area contributed by atoms with Crippen molar-refractivity contribution in [2.75, 3.05) is 6.61 Å². The zero-order chi connectivity index (χ0) is 13.2. The summed E-state index contributed by atoms with van der Waals surface area (Å²) in [5, 5.41) is 16.9. The monoisotopic (exact) mass is 253 g/mol. The van der Waals surface area contributed by atoms with Gasteiger partial charge in [-0.3, -0.25) is 0 Å². The van der Waals surface area contributed by atoms with Crippen molar-refractivity contribution in [1.29, 1.82) is 0 Å². The van der Waals surface area contributed by atoms with Gasteiger partial charge in [0.15, 0.2) is 5.82 Å². The van der Waals surface area contributed by atoms with Gasteiger partial charge in [0, 0.05) is 11.0 Å². The van der Waals surface area contributed by atoms with Crippen LogP contribution in [-0.2, 0) is 12.0 Å². The third-order valence-electron chi connectivity index (χ3n) is 3.59. The van der Waals surface area contributed by atoms with Crippen LogP contribution in [0.1, 0.15) is 58.2 Å². The van der Waals surface area contributed by atoms with E-state index in [0.29, 0.717) is 18.3 Å². The van der Waals surface area contributed by atoms with E-state index < -0.39 is 0 Å². The molecule has 1 aliphatic rings. The maximum absolute atomic E-state index is 9.50. The van der Waals surface area contributed by atoms with E-state index in [-0.39, 0.29) is 17.6 Å². The van der Waals surface area contributed by atoms with Crippen molar-refractivity contribution in [3.63, 3.8) is 0 Å². The minimum Gasteiger partial charge on any atom is -0.394 e. The Hall–Kier alpha value is -0.940. The number of rotatable bonds is 4. The van der Waals surface area contributed by atoms with Gasteiger partial charge in [0.1, 0.15) is 0 Å². The second kappa shape index (κ2) is 4.97. The molecule has 1 aliphatic carbocycles. The highest BCUT2D eigenvalue weighted by molar-refractivity contribution is 4.99. The fourth-order valence-corrected chi connectivity index (χ4v) is 2.34. The van der Waals surface area contributed by atoms with Crippen LogP contribution in [0.4, 0.5) is 0 Å². The Morgan fingerprint density at radius 2 is 2.00 bits per heavy atom. The van der Waals surface area contributed by atoms with Gasteiger partial charge in [0.05, 0.1) is 13.2 Å². The average Bonchev–Trinajstić information content (AvgIpc) is 2.96. The normalized spacial score (nSPS) is 19.3. The molecular weight excluding hydrogens is 230 g/mol. The Balaban J connectivity index is 1.96. The van der Waals surface area contributed by atoms with E-state index in [0.717, 1.165) is 12.8 Å². The SMILES string of the molecule is CC(C)(C)c1nc(CNC2(CO)CCCC2)no1. The van der Waals surface area contributed by atoms with Crippen molar-refractivity contribution in [2.24, 2.45) is 0 Å². The van der Waals surface area contributed by atoms with E-state index in [4.69, 9.17) is 4.52 Å². The van der Waals surface area contributed by atoms with Gasteiger partial charge in [-0.1, -0.05) is 38.8 Å². The zero-order valence-electron chi connectivity index (χ0n) is 11.5. The molecule has 18 heavy (non-hydrogen) atoms. The highest BCUT2D eigenvalue weighted by Crippen LogP contribution is 2.29. The molecule has 2 rings (SSSR count). The summed E-state index contributed by atoms with van der Waals surface area (Å²) in [6.45, 7) is 6.87. The predicted molar refractivity (Wildman–Crippen MR) is 68.1 cm³/mol. The number of nitrogens with one attached hydrogen (secondary N) is 1. The van der Waals surface area contributed by atoms with Crippen LogP contribution in [0, 0.1) is 0 Å². The summed E-state index contributed by atoms with van der Waals surface area (Å²) >= 11 is 0. The third-order valence-corrected chi connectivity index (χ3v) is 3.59. The van der Waals surface area contributed by atoms with Gasteiger partial charge in [0.2, 0.25) is 5.89 Å². The van der Waals surface area contributed by atoms with Crippen LogP contribution in [0.3, 0.4) is 0 Å². The summed E-state index contributed by atoms with van der Waals surface area (Å²) in [6.07, 6.45) is 4.39. The van der Waals surface area contributed by atoms with Crippen molar-refractivity contribution in [1.82, 2.24) is 15.5 Å². The molecular formula is C13H23N3O2. The van der Waals surface area contributed by atoms with Gasteiger partial charge in [-0.2, -0.15) is 4.98 Å². The molecule has 1 fully saturated rings. The first-order valence-corrected chi connectivity index (χ1v) is 6.64. The maximum atomic E-state index is 9.50. The minimum atomic E-state index is -0.136. The Morgan fingerprint density at radius 3 is 2.50 bits per heavy atom. The summed E-state index contributed by atoms with van der Waals surface area (Å²) in [6, 6.07) is 0. The molecule has 0 bridgehead atoms. The summed E-state index contributed by atoms with van der Waals surface area (Å²) in [5.74, 6) is 1.32. The van der Waals surface area contributed by atoms with E-state index in [1.54, 1.807) is 0 Å². The Morgan fingerprint density at radius 1 is 1.33 bits per heavy atom. The van der Waals surface area contributed by atoms with E-state index in [9.17, 15) is 5.11 Å². The van der Waals surface area contributed by atoms with E-state index in [1.807, 2.05) is 20.8 Å². The van der Waals surface area contributed by atoms with Crippen molar-refractivity contribution < 1.29 is 9.63 Å². The molecule has 0 atom stereocenters. The number of aromatic nitrogens is 2. The van der Waals surface area contributed by atoms with E-state index in [1.165, 1.54) is 12.8 Å².